The first kappa shape index (κ1) is 22.4. The van der Waals surface area contributed by atoms with Crippen molar-refractivity contribution in [3.63, 3.8) is 0 Å². The van der Waals surface area contributed by atoms with Gasteiger partial charge in [0.25, 0.3) is 0 Å². The Labute approximate surface area is 161 Å². The highest BCUT2D eigenvalue weighted by Gasteiger charge is 2.45. The fourth-order valence-corrected chi connectivity index (χ4v) is 10.0. The van der Waals surface area contributed by atoms with E-state index < -0.39 is 14.3 Å². The number of aromatic nitrogens is 2. The largest absolute Gasteiger partial charge is 0.461 e. The summed E-state index contributed by atoms with van der Waals surface area (Å²) in [6, 6.07) is 0.0770. The van der Waals surface area contributed by atoms with Gasteiger partial charge in [-0.25, -0.2) is 9.78 Å². The lowest BCUT2D eigenvalue weighted by molar-refractivity contribution is 0.0519. The van der Waals surface area contributed by atoms with Crippen LogP contribution in [-0.4, -0.2) is 37.1 Å². The normalized spacial score (nSPS) is 13.8. The van der Waals surface area contributed by atoms with E-state index in [1.165, 1.54) is 0 Å². The van der Waals surface area contributed by atoms with Gasteiger partial charge in [-0.05, 0) is 46.4 Å². The van der Waals surface area contributed by atoms with Crippen molar-refractivity contribution in [3.05, 3.63) is 16.6 Å². The predicted molar refractivity (Wildman–Crippen MR) is 108 cm³/mol. The van der Waals surface area contributed by atoms with Gasteiger partial charge in [-0.1, -0.05) is 41.5 Å². The molecule has 1 rings (SSSR count). The summed E-state index contributed by atoms with van der Waals surface area (Å²) in [7, 11) is -1.91. The highest BCUT2D eigenvalue weighted by molar-refractivity contribution is 9.10. The highest BCUT2D eigenvalue weighted by Crippen LogP contribution is 2.42. The fourth-order valence-electron chi connectivity index (χ4n) is 3.83. The van der Waals surface area contributed by atoms with E-state index in [1.807, 2.05) is 4.57 Å². The van der Waals surface area contributed by atoms with E-state index in [1.54, 1.807) is 13.1 Å². The summed E-state index contributed by atoms with van der Waals surface area (Å²) in [5.74, 6) is -0.398. The fraction of sp³-hybridized carbons (Fsp3) is 0.778. The molecule has 0 N–H and O–H groups in total. The van der Waals surface area contributed by atoms with Crippen LogP contribution >= 0.6 is 15.9 Å². The SMILES string of the molecule is CCOC(=O)c1cn([C@H](C)CO[Si](C(C)C)(C(C)C)C(C)C)c(Br)n1. The molecular weight excluding hydrogens is 400 g/mol. The molecule has 0 aliphatic rings. The second kappa shape index (κ2) is 9.32. The van der Waals surface area contributed by atoms with Crippen LogP contribution in [0.4, 0.5) is 0 Å². The molecule has 0 unspecified atom stereocenters. The van der Waals surface area contributed by atoms with Gasteiger partial charge in [0.05, 0.1) is 19.3 Å². The Hall–Kier alpha value is -0.663. The number of imidazole rings is 1. The molecule has 0 amide bonds. The molecule has 0 aliphatic carbocycles. The minimum atomic E-state index is -1.91. The van der Waals surface area contributed by atoms with Crippen molar-refractivity contribution in [1.82, 2.24) is 9.55 Å². The van der Waals surface area contributed by atoms with E-state index in [0.717, 1.165) is 0 Å². The summed E-state index contributed by atoms with van der Waals surface area (Å²) in [6.45, 7) is 18.5. The molecule has 0 aliphatic heterocycles. The molecule has 1 aromatic rings. The van der Waals surface area contributed by atoms with Crippen molar-refractivity contribution in [2.45, 2.75) is 78.1 Å². The van der Waals surface area contributed by atoms with Gasteiger partial charge in [-0.15, -0.1) is 0 Å². The lowest BCUT2D eigenvalue weighted by Crippen LogP contribution is -2.48. The molecular formula is C18H33BrN2O3Si. The molecule has 0 saturated carbocycles. The van der Waals surface area contributed by atoms with Gasteiger partial charge in [-0.2, -0.15) is 0 Å². The number of hydrogen-bond acceptors (Lipinski definition) is 4. The van der Waals surface area contributed by atoms with Crippen LogP contribution in [-0.2, 0) is 9.16 Å². The lowest BCUT2D eigenvalue weighted by atomic mass is 10.3. The monoisotopic (exact) mass is 432 g/mol. The zero-order valence-electron chi connectivity index (χ0n) is 16.8. The van der Waals surface area contributed by atoms with E-state index >= 15 is 0 Å². The first-order valence-electron chi connectivity index (χ1n) is 9.13. The molecule has 1 atom stereocenters. The van der Waals surface area contributed by atoms with Crippen LogP contribution in [0.25, 0.3) is 0 Å². The number of carbonyl (C=O) groups is 1. The van der Waals surface area contributed by atoms with E-state index in [-0.39, 0.29) is 6.04 Å². The summed E-state index contributed by atoms with van der Waals surface area (Å²) >= 11 is 3.44. The molecule has 7 heteroatoms. The summed E-state index contributed by atoms with van der Waals surface area (Å²) in [4.78, 5) is 16.1. The van der Waals surface area contributed by atoms with Crippen molar-refractivity contribution in [1.29, 1.82) is 0 Å². The smallest absolute Gasteiger partial charge is 0.358 e. The van der Waals surface area contributed by atoms with Gasteiger partial charge in [0.1, 0.15) is 0 Å². The average molecular weight is 433 g/mol. The number of esters is 1. The summed E-state index contributed by atoms with van der Waals surface area (Å²) in [5, 5.41) is 0. The second-order valence-corrected chi connectivity index (χ2v) is 13.7. The average Bonchev–Trinajstić information content (AvgIpc) is 2.89. The number of carbonyl (C=O) groups excluding carboxylic acids is 1. The van der Waals surface area contributed by atoms with Crippen molar-refractivity contribution in [2.75, 3.05) is 13.2 Å². The Bertz CT molecular complexity index is 551. The molecule has 0 saturated heterocycles. The second-order valence-electron chi connectivity index (χ2n) is 7.50. The minimum Gasteiger partial charge on any atom is -0.461 e. The van der Waals surface area contributed by atoms with Gasteiger partial charge in [0.2, 0.25) is 0 Å². The number of rotatable bonds is 9. The van der Waals surface area contributed by atoms with Gasteiger partial charge in [0, 0.05) is 6.20 Å². The molecule has 5 nitrogen and oxygen atoms in total. The topological polar surface area (TPSA) is 53.4 Å². The van der Waals surface area contributed by atoms with Crippen LogP contribution in [0.2, 0.25) is 16.6 Å². The van der Waals surface area contributed by atoms with E-state index in [0.29, 0.717) is 40.3 Å². The minimum absolute atomic E-state index is 0.0770. The van der Waals surface area contributed by atoms with Crippen LogP contribution in [0.1, 0.15) is 71.9 Å². The van der Waals surface area contributed by atoms with Crippen LogP contribution in [0.15, 0.2) is 10.9 Å². The third kappa shape index (κ3) is 4.95. The van der Waals surface area contributed by atoms with Gasteiger partial charge in [0.15, 0.2) is 18.7 Å². The number of hydrogen-bond donors (Lipinski definition) is 0. The molecule has 0 aromatic carbocycles. The Balaban J connectivity index is 2.95. The third-order valence-corrected chi connectivity index (χ3v) is 11.6. The summed E-state index contributed by atoms with van der Waals surface area (Å²) in [5.41, 5.74) is 1.95. The lowest BCUT2D eigenvalue weighted by Gasteiger charge is -2.42. The van der Waals surface area contributed by atoms with Crippen molar-refractivity contribution in [3.8, 4) is 0 Å². The third-order valence-electron chi connectivity index (χ3n) is 4.93. The standard InChI is InChI=1S/C18H33BrN2O3Si/c1-9-23-17(22)16-10-21(18(19)20-16)15(8)11-24-25(12(2)3,13(4)5)14(6)7/h10,12-15H,9,11H2,1-8H3/t15-/m1/s1. The first-order valence-corrected chi connectivity index (χ1v) is 12.1. The Morgan fingerprint density at radius 2 is 1.68 bits per heavy atom. The molecule has 1 aromatic heterocycles. The van der Waals surface area contributed by atoms with E-state index in [9.17, 15) is 4.79 Å². The van der Waals surface area contributed by atoms with Crippen molar-refractivity contribution >= 4 is 30.2 Å². The van der Waals surface area contributed by atoms with Crippen LogP contribution in [0, 0.1) is 0 Å². The Morgan fingerprint density at radius 3 is 2.12 bits per heavy atom. The zero-order valence-corrected chi connectivity index (χ0v) is 19.4. The first-order chi connectivity index (χ1) is 11.6. The molecule has 25 heavy (non-hydrogen) atoms. The van der Waals surface area contributed by atoms with Gasteiger partial charge < -0.3 is 13.7 Å². The van der Waals surface area contributed by atoms with Crippen LogP contribution < -0.4 is 0 Å². The van der Waals surface area contributed by atoms with Crippen LogP contribution in [0.5, 0.6) is 0 Å². The summed E-state index contributed by atoms with van der Waals surface area (Å²) in [6.07, 6.45) is 1.74. The maximum Gasteiger partial charge on any atom is 0.358 e. The Morgan fingerprint density at radius 1 is 1.16 bits per heavy atom. The molecule has 1 heterocycles. The van der Waals surface area contributed by atoms with E-state index in [4.69, 9.17) is 9.16 Å². The van der Waals surface area contributed by atoms with Crippen molar-refractivity contribution in [2.24, 2.45) is 0 Å². The zero-order chi connectivity index (χ0) is 19.4. The molecule has 0 fully saturated rings. The predicted octanol–water partition coefficient (Wildman–Crippen LogP) is 5.58. The number of halogens is 1. The molecule has 144 valence electrons. The summed E-state index contributed by atoms with van der Waals surface area (Å²) < 4.78 is 14.2. The van der Waals surface area contributed by atoms with Crippen LogP contribution in [0.3, 0.4) is 0 Å². The van der Waals surface area contributed by atoms with Gasteiger partial charge in [-0.3, -0.25) is 0 Å². The molecule has 0 spiro atoms. The van der Waals surface area contributed by atoms with Crippen molar-refractivity contribution < 1.29 is 14.0 Å². The highest BCUT2D eigenvalue weighted by atomic mass is 79.9. The quantitative estimate of drug-likeness (QED) is 0.377. The maximum absolute atomic E-state index is 11.9. The number of nitrogens with zero attached hydrogens (tertiary/aromatic N) is 2. The Kier molecular flexibility index (Phi) is 8.35. The molecule has 0 radical (unpaired) electrons. The van der Waals surface area contributed by atoms with E-state index in [2.05, 4.69) is 69.4 Å². The number of ether oxygens (including phenoxy) is 1. The molecule has 0 bridgehead atoms. The maximum atomic E-state index is 11.9. The van der Waals surface area contributed by atoms with Gasteiger partial charge >= 0.3 is 5.97 Å².